The molecule has 14 heavy (non-hydrogen) atoms. The van der Waals surface area contributed by atoms with Crippen LogP contribution in [0.5, 0.6) is 0 Å². The molecular formula is C11H16N2O. The molecule has 0 saturated heterocycles. The van der Waals surface area contributed by atoms with Crippen molar-refractivity contribution in [3.8, 4) is 0 Å². The molecule has 0 N–H and O–H groups in total. The van der Waals surface area contributed by atoms with Gasteiger partial charge in [-0.1, -0.05) is 18.7 Å². The van der Waals surface area contributed by atoms with Crippen LogP contribution in [0, 0.1) is 0 Å². The minimum atomic E-state index is 0.719. The summed E-state index contributed by atoms with van der Waals surface area (Å²) in [5.74, 6) is 0. The Hall–Kier alpha value is -1.64. The molecule has 0 radical (unpaired) electrons. The maximum absolute atomic E-state index is 10.2. The average molecular weight is 192 g/mol. The Morgan fingerprint density at radius 3 is 2.79 bits per heavy atom. The number of hydrogen-bond acceptors (Lipinski definition) is 2. The second kappa shape index (κ2) is 7.98. The summed E-state index contributed by atoms with van der Waals surface area (Å²) in [7, 11) is 1.75. The number of carbonyl (C=O) groups excluding carboxylic acids is 1. The zero-order valence-corrected chi connectivity index (χ0v) is 8.52. The number of hydrogen-bond donors (Lipinski definition) is 0. The van der Waals surface area contributed by atoms with Crippen molar-refractivity contribution in [3.63, 3.8) is 0 Å². The summed E-state index contributed by atoms with van der Waals surface area (Å²) in [4.78, 5) is 15.4. The highest BCUT2D eigenvalue weighted by Crippen LogP contribution is 1.97. The molecule has 0 spiro atoms. The van der Waals surface area contributed by atoms with E-state index in [4.69, 9.17) is 0 Å². The Labute approximate surface area is 85.1 Å². The van der Waals surface area contributed by atoms with Crippen LogP contribution in [0.15, 0.2) is 41.6 Å². The summed E-state index contributed by atoms with van der Waals surface area (Å²) in [5.41, 5.74) is 0.867. The largest absolute Gasteiger partial charge is 0.348 e. The van der Waals surface area contributed by atoms with Gasteiger partial charge in [-0.15, -0.1) is 0 Å². The maximum Gasteiger partial charge on any atom is 0.209 e. The Morgan fingerprint density at radius 2 is 2.21 bits per heavy atom. The minimum Gasteiger partial charge on any atom is -0.348 e. The van der Waals surface area contributed by atoms with Crippen molar-refractivity contribution in [2.24, 2.45) is 4.99 Å². The highest BCUT2D eigenvalue weighted by atomic mass is 16.1. The van der Waals surface area contributed by atoms with E-state index in [1.165, 1.54) is 0 Å². The van der Waals surface area contributed by atoms with Crippen molar-refractivity contribution in [1.29, 1.82) is 0 Å². The van der Waals surface area contributed by atoms with Gasteiger partial charge in [0.2, 0.25) is 6.41 Å². The Kier molecular flexibility index (Phi) is 7.05. The van der Waals surface area contributed by atoms with E-state index >= 15 is 0 Å². The van der Waals surface area contributed by atoms with E-state index in [2.05, 4.69) is 18.3 Å². The highest BCUT2D eigenvalue weighted by molar-refractivity contribution is 5.46. The molecular weight excluding hydrogens is 176 g/mol. The predicted octanol–water partition coefficient (Wildman–Crippen LogP) is 1.79. The van der Waals surface area contributed by atoms with Crippen LogP contribution in [0.2, 0.25) is 0 Å². The number of amides is 1. The number of rotatable bonds is 7. The first-order valence-corrected chi connectivity index (χ1v) is 4.34. The predicted molar refractivity (Wildman–Crippen MR) is 60.3 cm³/mol. The lowest BCUT2D eigenvalue weighted by atomic mass is 10.2. The van der Waals surface area contributed by atoms with Gasteiger partial charge in [0, 0.05) is 19.8 Å². The quantitative estimate of drug-likeness (QED) is 0.344. The molecule has 3 heteroatoms. The third-order valence-electron chi connectivity index (χ3n) is 1.55. The van der Waals surface area contributed by atoms with Crippen LogP contribution in [0.25, 0.3) is 0 Å². The lowest BCUT2D eigenvalue weighted by Crippen LogP contribution is -2.16. The van der Waals surface area contributed by atoms with Crippen molar-refractivity contribution < 1.29 is 4.79 Å². The zero-order valence-electron chi connectivity index (χ0n) is 8.52. The highest BCUT2D eigenvalue weighted by Gasteiger charge is 1.88. The molecule has 0 aromatic carbocycles. The first kappa shape index (κ1) is 12.4. The molecule has 0 aromatic rings. The van der Waals surface area contributed by atoms with Crippen LogP contribution in [0.4, 0.5) is 0 Å². The molecule has 3 nitrogen and oxygen atoms in total. The fourth-order valence-electron chi connectivity index (χ4n) is 0.770. The molecule has 0 aliphatic carbocycles. The summed E-state index contributed by atoms with van der Waals surface area (Å²) in [6, 6.07) is 0. The number of nitrogens with zero attached hydrogens (tertiary/aromatic N) is 2. The fraction of sp³-hybridized carbons (Fsp3) is 0.273. The summed E-state index contributed by atoms with van der Waals surface area (Å²) < 4.78 is 0. The van der Waals surface area contributed by atoms with E-state index in [0.717, 1.165) is 24.9 Å². The van der Waals surface area contributed by atoms with E-state index < -0.39 is 0 Å². The molecule has 0 rings (SSSR count). The SMILES string of the molecule is C=N/C=C\C(=C)/C=C/CCN(C)C=O. The van der Waals surface area contributed by atoms with Crippen LogP contribution < -0.4 is 0 Å². The lowest BCUT2D eigenvalue weighted by Gasteiger charge is -2.06. The molecule has 0 atom stereocenters. The summed E-state index contributed by atoms with van der Waals surface area (Å²) in [5, 5.41) is 0. The van der Waals surface area contributed by atoms with Crippen molar-refractivity contribution in [2.75, 3.05) is 13.6 Å². The van der Waals surface area contributed by atoms with Gasteiger partial charge in [0.1, 0.15) is 0 Å². The third kappa shape index (κ3) is 7.03. The van der Waals surface area contributed by atoms with Gasteiger partial charge in [0.15, 0.2) is 0 Å². The Bertz CT molecular complexity index is 254. The molecule has 0 saturated carbocycles. The first-order chi connectivity index (χ1) is 6.70. The summed E-state index contributed by atoms with van der Waals surface area (Å²) in [6.07, 6.45) is 8.85. The number of aliphatic imine (C=N–C) groups is 1. The second-order valence-corrected chi connectivity index (χ2v) is 2.85. The maximum atomic E-state index is 10.2. The van der Waals surface area contributed by atoms with Crippen LogP contribution in [0.1, 0.15) is 6.42 Å². The normalized spacial score (nSPS) is 10.6. The van der Waals surface area contributed by atoms with E-state index in [1.54, 1.807) is 24.2 Å². The molecule has 76 valence electrons. The van der Waals surface area contributed by atoms with E-state index in [0.29, 0.717) is 0 Å². The molecule has 0 heterocycles. The van der Waals surface area contributed by atoms with Gasteiger partial charge < -0.3 is 4.90 Å². The topological polar surface area (TPSA) is 32.7 Å². The lowest BCUT2D eigenvalue weighted by molar-refractivity contribution is -0.116. The molecule has 0 aliphatic rings. The van der Waals surface area contributed by atoms with Gasteiger partial charge in [-0.2, -0.15) is 0 Å². The van der Waals surface area contributed by atoms with Gasteiger partial charge in [0.05, 0.1) is 0 Å². The molecule has 1 amide bonds. The summed E-state index contributed by atoms with van der Waals surface area (Å²) in [6.45, 7) is 7.82. The Morgan fingerprint density at radius 1 is 1.50 bits per heavy atom. The molecule has 0 fully saturated rings. The second-order valence-electron chi connectivity index (χ2n) is 2.85. The average Bonchev–Trinajstić information content (AvgIpc) is 2.21. The number of carbonyl (C=O) groups is 1. The minimum absolute atomic E-state index is 0.719. The van der Waals surface area contributed by atoms with Crippen molar-refractivity contribution >= 4 is 13.1 Å². The van der Waals surface area contributed by atoms with Crippen LogP contribution >= 0.6 is 0 Å². The van der Waals surface area contributed by atoms with E-state index in [9.17, 15) is 4.79 Å². The third-order valence-corrected chi connectivity index (χ3v) is 1.55. The van der Waals surface area contributed by atoms with E-state index in [1.807, 2.05) is 12.2 Å². The van der Waals surface area contributed by atoms with Gasteiger partial charge in [-0.05, 0) is 24.8 Å². The monoisotopic (exact) mass is 192 g/mol. The standard InChI is InChI=1S/C11H16N2O/c1-11(7-8-12-2)6-4-5-9-13(3)10-14/h4,6-8,10H,1-2,5,9H2,3H3/b6-4+,8-7-. The van der Waals surface area contributed by atoms with Crippen LogP contribution in [-0.2, 0) is 4.79 Å². The first-order valence-electron chi connectivity index (χ1n) is 4.34. The fourth-order valence-corrected chi connectivity index (χ4v) is 0.770. The zero-order chi connectivity index (χ0) is 10.8. The van der Waals surface area contributed by atoms with E-state index in [-0.39, 0.29) is 0 Å². The molecule has 0 unspecified atom stereocenters. The van der Waals surface area contributed by atoms with Gasteiger partial charge in [-0.25, -0.2) is 0 Å². The van der Waals surface area contributed by atoms with Gasteiger partial charge >= 0.3 is 0 Å². The van der Waals surface area contributed by atoms with Crippen molar-refractivity contribution in [2.45, 2.75) is 6.42 Å². The molecule has 0 aliphatic heterocycles. The number of allylic oxidation sites excluding steroid dienone is 3. The van der Waals surface area contributed by atoms with Gasteiger partial charge in [-0.3, -0.25) is 9.79 Å². The molecule has 0 aromatic heterocycles. The van der Waals surface area contributed by atoms with Crippen molar-refractivity contribution in [3.05, 3.63) is 36.6 Å². The van der Waals surface area contributed by atoms with Gasteiger partial charge in [0.25, 0.3) is 0 Å². The summed E-state index contributed by atoms with van der Waals surface area (Å²) >= 11 is 0. The van der Waals surface area contributed by atoms with Crippen LogP contribution in [0.3, 0.4) is 0 Å². The molecule has 0 bridgehead atoms. The Balaban J connectivity index is 3.72. The van der Waals surface area contributed by atoms with Crippen LogP contribution in [-0.4, -0.2) is 31.6 Å². The smallest absolute Gasteiger partial charge is 0.209 e. The van der Waals surface area contributed by atoms with Crippen molar-refractivity contribution in [1.82, 2.24) is 4.90 Å².